The summed E-state index contributed by atoms with van der Waals surface area (Å²) in [5, 5.41) is 3.30. The normalized spacial score (nSPS) is 14.8. The highest BCUT2D eigenvalue weighted by Gasteiger charge is 2.41. The molecule has 10 heteroatoms. The minimum atomic E-state index is -1.13. The van der Waals surface area contributed by atoms with Gasteiger partial charge in [-0.3, -0.25) is 14.5 Å². The Morgan fingerprint density at radius 3 is 2.79 bits per heavy atom. The highest BCUT2D eigenvalue weighted by atomic mass is 35.5. The number of nitrogens with zero attached hydrogens (tertiary/aromatic N) is 2. The number of nitrogens with one attached hydrogen (secondary N) is 1. The van der Waals surface area contributed by atoms with E-state index in [1.807, 2.05) is 0 Å². The Hall–Kier alpha value is -2.65. The van der Waals surface area contributed by atoms with E-state index in [0.29, 0.717) is 27.0 Å². The van der Waals surface area contributed by atoms with Crippen LogP contribution in [0.15, 0.2) is 18.2 Å². The molecular formula is C19H20ClN3O5S. The molecule has 0 spiro atoms. The van der Waals surface area contributed by atoms with Crippen LogP contribution in [0.4, 0.5) is 10.8 Å². The highest BCUT2D eigenvalue weighted by Crippen LogP contribution is 2.39. The van der Waals surface area contributed by atoms with Crippen molar-refractivity contribution >= 4 is 51.5 Å². The predicted octanol–water partition coefficient (Wildman–Crippen LogP) is 3.42. The van der Waals surface area contributed by atoms with Crippen molar-refractivity contribution in [2.24, 2.45) is 0 Å². The molecule has 154 valence electrons. The van der Waals surface area contributed by atoms with E-state index in [1.165, 1.54) is 4.90 Å². The number of aromatic nitrogens is 1. The van der Waals surface area contributed by atoms with E-state index < -0.39 is 17.5 Å². The molecule has 1 aromatic heterocycles. The second kappa shape index (κ2) is 8.00. The predicted molar refractivity (Wildman–Crippen MR) is 110 cm³/mol. The standard InChI is InChI=1S/C19H20ClN3O5S/c1-5-27-16(25)15-10(2)21-18(29-15)22-14(24)9-23-12-8-11(20)6-7-13(12)28-19(3,4)17(23)26/h6-8H,5,9H2,1-4H3,(H,21,22,24). The number of carbonyl (C=O) groups excluding carboxylic acids is 3. The molecule has 1 aliphatic rings. The fraction of sp³-hybridized carbons (Fsp3) is 0.368. The molecule has 0 radical (unpaired) electrons. The molecule has 1 N–H and O–H groups in total. The Kier molecular flexibility index (Phi) is 5.81. The van der Waals surface area contributed by atoms with Crippen LogP contribution in [0.5, 0.6) is 5.75 Å². The summed E-state index contributed by atoms with van der Waals surface area (Å²) in [6.45, 7) is 6.62. The Balaban J connectivity index is 1.80. The zero-order valence-electron chi connectivity index (χ0n) is 16.4. The van der Waals surface area contributed by atoms with E-state index in [1.54, 1.807) is 45.9 Å². The van der Waals surface area contributed by atoms with Gasteiger partial charge in [0.15, 0.2) is 10.7 Å². The summed E-state index contributed by atoms with van der Waals surface area (Å²) in [6.07, 6.45) is 0. The number of aryl methyl sites for hydroxylation is 1. The van der Waals surface area contributed by atoms with Gasteiger partial charge in [-0.2, -0.15) is 0 Å². The molecule has 0 bridgehead atoms. The third-order valence-electron chi connectivity index (χ3n) is 4.14. The molecule has 2 heterocycles. The Labute approximate surface area is 176 Å². The molecule has 8 nitrogen and oxygen atoms in total. The van der Waals surface area contributed by atoms with Crippen LogP contribution in [0, 0.1) is 6.92 Å². The summed E-state index contributed by atoms with van der Waals surface area (Å²) in [5.74, 6) is -0.866. The van der Waals surface area contributed by atoms with Gasteiger partial charge in [0.25, 0.3) is 5.91 Å². The lowest BCUT2D eigenvalue weighted by Gasteiger charge is -2.38. The fourth-order valence-electron chi connectivity index (χ4n) is 2.84. The summed E-state index contributed by atoms with van der Waals surface area (Å²) in [4.78, 5) is 43.2. The molecule has 0 saturated heterocycles. The van der Waals surface area contributed by atoms with Crippen LogP contribution in [0.1, 0.15) is 36.1 Å². The molecular weight excluding hydrogens is 418 g/mol. The lowest BCUT2D eigenvalue weighted by atomic mass is 10.0. The smallest absolute Gasteiger partial charge is 0.350 e. The molecule has 0 saturated carbocycles. The number of rotatable bonds is 5. The molecule has 1 aliphatic heterocycles. The monoisotopic (exact) mass is 437 g/mol. The largest absolute Gasteiger partial charge is 0.476 e. The third-order valence-corrected chi connectivity index (χ3v) is 5.43. The van der Waals surface area contributed by atoms with Crippen molar-refractivity contribution in [2.45, 2.75) is 33.3 Å². The lowest BCUT2D eigenvalue weighted by Crippen LogP contribution is -2.54. The quantitative estimate of drug-likeness (QED) is 0.719. The van der Waals surface area contributed by atoms with Crippen LogP contribution in [0.3, 0.4) is 0 Å². The summed E-state index contributed by atoms with van der Waals surface area (Å²) >= 11 is 7.08. The number of anilines is 2. The van der Waals surface area contributed by atoms with Crippen LogP contribution in [-0.4, -0.2) is 41.5 Å². The molecule has 0 aliphatic carbocycles. The Morgan fingerprint density at radius 1 is 1.38 bits per heavy atom. The van der Waals surface area contributed by atoms with E-state index in [-0.39, 0.29) is 24.2 Å². The van der Waals surface area contributed by atoms with Gasteiger partial charge in [-0.05, 0) is 45.9 Å². The van der Waals surface area contributed by atoms with Crippen LogP contribution in [0.25, 0.3) is 0 Å². The van der Waals surface area contributed by atoms with Crippen molar-refractivity contribution in [1.82, 2.24) is 4.98 Å². The van der Waals surface area contributed by atoms with Gasteiger partial charge >= 0.3 is 5.97 Å². The van der Waals surface area contributed by atoms with E-state index in [0.717, 1.165) is 11.3 Å². The van der Waals surface area contributed by atoms with Crippen molar-refractivity contribution in [3.8, 4) is 5.75 Å². The van der Waals surface area contributed by atoms with Gasteiger partial charge in [0, 0.05) is 5.02 Å². The summed E-state index contributed by atoms with van der Waals surface area (Å²) in [6, 6.07) is 4.88. The zero-order valence-corrected chi connectivity index (χ0v) is 17.9. The van der Waals surface area contributed by atoms with Gasteiger partial charge < -0.3 is 14.8 Å². The Bertz CT molecular complexity index is 988. The van der Waals surface area contributed by atoms with Crippen molar-refractivity contribution in [1.29, 1.82) is 0 Å². The maximum Gasteiger partial charge on any atom is 0.350 e. The number of carbonyl (C=O) groups is 3. The molecule has 0 unspecified atom stereocenters. The average Bonchev–Trinajstić information content (AvgIpc) is 3.00. The van der Waals surface area contributed by atoms with Crippen LogP contribution < -0.4 is 15.0 Å². The van der Waals surface area contributed by atoms with Crippen molar-refractivity contribution in [3.05, 3.63) is 33.8 Å². The van der Waals surface area contributed by atoms with Gasteiger partial charge in [-0.25, -0.2) is 9.78 Å². The lowest BCUT2D eigenvalue weighted by molar-refractivity contribution is -0.133. The first-order valence-corrected chi connectivity index (χ1v) is 10.1. The number of hydrogen-bond donors (Lipinski definition) is 1. The fourth-order valence-corrected chi connectivity index (χ4v) is 3.88. The van der Waals surface area contributed by atoms with Gasteiger partial charge in [0.2, 0.25) is 5.91 Å². The maximum absolute atomic E-state index is 12.8. The van der Waals surface area contributed by atoms with E-state index in [4.69, 9.17) is 21.1 Å². The minimum absolute atomic E-state index is 0.245. The Morgan fingerprint density at radius 2 is 2.10 bits per heavy atom. The van der Waals surface area contributed by atoms with E-state index in [9.17, 15) is 14.4 Å². The zero-order chi connectivity index (χ0) is 21.3. The minimum Gasteiger partial charge on any atom is -0.476 e. The topological polar surface area (TPSA) is 97.8 Å². The van der Waals surface area contributed by atoms with Crippen LogP contribution in [0.2, 0.25) is 5.02 Å². The summed E-state index contributed by atoms with van der Waals surface area (Å²) in [5.41, 5.74) is -0.250. The molecule has 29 heavy (non-hydrogen) atoms. The second-order valence-corrected chi connectivity index (χ2v) is 8.25. The van der Waals surface area contributed by atoms with Crippen molar-refractivity contribution in [3.63, 3.8) is 0 Å². The number of esters is 1. The molecule has 1 aromatic carbocycles. The van der Waals surface area contributed by atoms with Crippen LogP contribution >= 0.6 is 22.9 Å². The first-order chi connectivity index (χ1) is 13.6. The molecule has 2 aromatic rings. The second-order valence-electron chi connectivity index (χ2n) is 6.82. The molecule has 0 fully saturated rings. The maximum atomic E-state index is 12.8. The summed E-state index contributed by atoms with van der Waals surface area (Å²) in [7, 11) is 0. The first kappa shape index (κ1) is 21.1. The van der Waals surface area contributed by atoms with E-state index in [2.05, 4.69) is 10.3 Å². The van der Waals surface area contributed by atoms with Crippen LogP contribution in [-0.2, 0) is 14.3 Å². The first-order valence-electron chi connectivity index (χ1n) is 8.87. The summed E-state index contributed by atoms with van der Waals surface area (Å²) < 4.78 is 10.7. The van der Waals surface area contributed by atoms with Gasteiger partial charge in [0.05, 0.1) is 18.0 Å². The highest BCUT2D eigenvalue weighted by molar-refractivity contribution is 7.17. The van der Waals surface area contributed by atoms with Gasteiger partial charge in [-0.15, -0.1) is 0 Å². The number of halogens is 1. The molecule has 0 atom stereocenters. The SMILES string of the molecule is CCOC(=O)c1sc(NC(=O)CN2C(=O)C(C)(C)Oc3ccc(Cl)cc32)nc1C. The number of fused-ring (bicyclic) bond motifs is 1. The number of benzene rings is 1. The number of amides is 2. The van der Waals surface area contributed by atoms with Crippen molar-refractivity contribution < 1.29 is 23.9 Å². The van der Waals surface area contributed by atoms with Gasteiger partial charge in [0.1, 0.15) is 17.2 Å². The molecule has 2 amide bonds. The van der Waals surface area contributed by atoms with E-state index >= 15 is 0 Å². The molecule has 3 rings (SSSR count). The number of thiazole rings is 1. The van der Waals surface area contributed by atoms with Gasteiger partial charge in [-0.1, -0.05) is 22.9 Å². The third kappa shape index (κ3) is 4.35. The average molecular weight is 438 g/mol. The number of ether oxygens (including phenoxy) is 2. The number of hydrogen-bond acceptors (Lipinski definition) is 7. The van der Waals surface area contributed by atoms with Crippen molar-refractivity contribution in [2.75, 3.05) is 23.4 Å².